The Hall–Kier alpha value is -1.35. The molecule has 2 N–H and O–H groups in total. The lowest BCUT2D eigenvalue weighted by Crippen LogP contribution is -2.44. The Morgan fingerprint density at radius 3 is 2.04 bits per heavy atom. The number of hydrogen-bond donors (Lipinski definition) is 2. The first-order valence-corrected chi connectivity index (χ1v) is 8.78. The van der Waals surface area contributed by atoms with E-state index in [1.807, 2.05) is 20.8 Å². The normalized spacial score (nSPS) is 14.2. The molecule has 0 aliphatic rings. The van der Waals surface area contributed by atoms with Gasteiger partial charge in [0.2, 0.25) is 0 Å². The Bertz CT molecular complexity index is 514. The molecule has 0 heterocycles. The molecule has 0 unspecified atom stereocenters. The van der Waals surface area contributed by atoms with Crippen LogP contribution in [-0.4, -0.2) is 49.6 Å². The predicted molar refractivity (Wildman–Crippen MR) is 84.6 cm³/mol. The van der Waals surface area contributed by atoms with Crippen LogP contribution in [0.3, 0.4) is 0 Å². The molecule has 1 amide bonds. The Kier molecular flexibility index (Phi) is 7.49. The summed E-state index contributed by atoms with van der Waals surface area (Å²) in [6.45, 7) is 10.3. The van der Waals surface area contributed by atoms with E-state index < -0.39 is 39.6 Å². The molecule has 0 saturated heterocycles. The number of carbonyl (C=O) groups excluding carboxylic acids is 1. The van der Waals surface area contributed by atoms with Crippen LogP contribution in [0.1, 0.15) is 48.0 Å². The van der Waals surface area contributed by atoms with Crippen molar-refractivity contribution >= 4 is 22.2 Å². The number of hydrogen-bond acceptors (Lipinski definition) is 6. The number of carboxylic acid groups (broad SMARTS) is 1. The first kappa shape index (κ1) is 21.6. The smallest absolute Gasteiger partial charge is 0.408 e. The van der Waals surface area contributed by atoms with Gasteiger partial charge in [-0.15, -0.1) is 0 Å². The predicted octanol–water partition coefficient (Wildman–Crippen LogP) is 1.75. The molecule has 0 bridgehead atoms. The minimum absolute atomic E-state index is 0.00738. The van der Waals surface area contributed by atoms with Crippen molar-refractivity contribution in [1.29, 1.82) is 0 Å². The maximum atomic E-state index is 11.8. The largest absolute Gasteiger partial charge is 0.480 e. The summed E-state index contributed by atoms with van der Waals surface area (Å²) in [5.74, 6) is -1.86. The molecule has 1 atom stereocenters. The third-order valence-corrected chi connectivity index (χ3v) is 3.53. The van der Waals surface area contributed by atoms with Gasteiger partial charge < -0.3 is 15.2 Å². The number of nitrogens with one attached hydrogen (secondary N) is 1. The zero-order valence-corrected chi connectivity index (χ0v) is 15.3. The summed E-state index contributed by atoms with van der Waals surface area (Å²) in [5.41, 5.74) is -1.12. The number of ether oxygens (including phenoxy) is 1. The lowest BCUT2D eigenvalue weighted by molar-refractivity contribution is -0.139. The molecule has 136 valence electrons. The molecule has 8 nitrogen and oxygen atoms in total. The van der Waals surface area contributed by atoms with Gasteiger partial charge in [0.25, 0.3) is 10.1 Å². The second-order valence-electron chi connectivity index (χ2n) is 7.41. The van der Waals surface area contributed by atoms with Gasteiger partial charge in [-0.05, 0) is 32.6 Å². The SMILES string of the molecule is CC(C)(C)COS(=O)(=O)CC[C@H](NC(=O)OC(C)(C)C)C(=O)O. The van der Waals surface area contributed by atoms with Gasteiger partial charge >= 0.3 is 12.1 Å². The van der Waals surface area contributed by atoms with Crippen molar-refractivity contribution < 1.29 is 32.0 Å². The summed E-state index contributed by atoms with van der Waals surface area (Å²) in [5, 5.41) is 11.2. The number of aliphatic carboxylic acids is 1. The summed E-state index contributed by atoms with van der Waals surface area (Å²) in [4.78, 5) is 22.7. The number of carbonyl (C=O) groups is 2. The van der Waals surface area contributed by atoms with E-state index in [-0.39, 0.29) is 18.4 Å². The molecule has 0 rings (SSSR count). The van der Waals surface area contributed by atoms with E-state index in [4.69, 9.17) is 14.0 Å². The fourth-order valence-electron chi connectivity index (χ4n) is 1.29. The fourth-order valence-corrected chi connectivity index (χ4v) is 2.47. The quantitative estimate of drug-likeness (QED) is 0.669. The minimum atomic E-state index is -3.87. The summed E-state index contributed by atoms with van der Waals surface area (Å²) < 4.78 is 33.3. The molecular weight excluding hydrogens is 326 g/mol. The fraction of sp³-hybridized carbons (Fsp3) is 0.857. The highest BCUT2D eigenvalue weighted by Gasteiger charge is 2.26. The van der Waals surface area contributed by atoms with E-state index in [2.05, 4.69) is 5.32 Å². The van der Waals surface area contributed by atoms with Gasteiger partial charge in [0.1, 0.15) is 11.6 Å². The van der Waals surface area contributed by atoms with Gasteiger partial charge in [-0.3, -0.25) is 4.18 Å². The van der Waals surface area contributed by atoms with Gasteiger partial charge in [-0.1, -0.05) is 20.8 Å². The second kappa shape index (κ2) is 7.96. The highest BCUT2D eigenvalue weighted by atomic mass is 32.2. The average Bonchev–Trinajstić information content (AvgIpc) is 2.28. The van der Waals surface area contributed by atoms with Gasteiger partial charge in [-0.2, -0.15) is 8.42 Å². The van der Waals surface area contributed by atoms with Crippen LogP contribution in [0.5, 0.6) is 0 Å². The Labute approximate surface area is 137 Å². The van der Waals surface area contributed by atoms with E-state index >= 15 is 0 Å². The van der Waals surface area contributed by atoms with Crippen molar-refractivity contribution in [3.8, 4) is 0 Å². The molecule has 23 heavy (non-hydrogen) atoms. The standard InChI is InChI=1S/C14H27NO7S/c1-13(2,3)9-21-23(19,20)8-7-10(11(16)17)15-12(18)22-14(4,5)6/h10H,7-9H2,1-6H3,(H,15,18)(H,16,17)/t10-/m0/s1. The molecule has 0 aromatic heterocycles. The summed E-state index contributed by atoms with van der Waals surface area (Å²) in [7, 11) is -3.87. The summed E-state index contributed by atoms with van der Waals surface area (Å²) in [6.07, 6.45) is -1.24. The molecule has 0 radical (unpaired) electrons. The van der Waals surface area contributed by atoms with Gasteiger partial charge in [0.15, 0.2) is 0 Å². The highest BCUT2D eigenvalue weighted by molar-refractivity contribution is 7.86. The molecule has 0 aromatic rings. The maximum absolute atomic E-state index is 11.8. The summed E-state index contributed by atoms with van der Waals surface area (Å²) in [6, 6.07) is -1.38. The van der Waals surface area contributed by atoms with Crippen LogP contribution in [0.4, 0.5) is 4.79 Å². The van der Waals surface area contributed by atoms with Crippen LogP contribution in [0, 0.1) is 5.41 Å². The van der Waals surface area contributed by atoms with Gasteiger partial charge in [0.05, 0.1) is 12.4 Å². The van der Waals surface area contributed by atoms with E-state index in [1.54, 1.807) is 20.8 Å². The van der Waals surface area contributed by atoms with Crippen molar-refractivity contribution in [3.05, 3.63) is 0 Å². The third-order valence-electron chi connectivity index (χ3n) is 2.32. The van der Waals surface area contributed by atoms with Crippen molar-refractivity contribution in [2.75, 3.05) is 12.4 Å². The molecular formula is C14H27NO7S. The van der Waals surface area contributed by atoms with Gasteiger partial charge in [-0.25, -0.2) is 9.59 Å². The Balaban J connectivity index is 4.61. The Morgan fingerprint density at radius 2 is 1.65 bits per heavy atom. The Morgan fingerprint density at radius 1 is 1.13 bits per heavy atom. The molecule has 0 aliphatic heterocycles. The number of amides is 1. The van der Waals surface area contributed by atoms with Crippen molar-refractivity contribution in [2.24, 2.45) is 5.41 Å². The lowest BCUT2D eigenvalue weighted by atomic mass is 9.99. The zero-order chi connectivity index (χ0) is 18.5. The van der Waals surface area contributed by atoms with E-state index in [0.717, 1.165) is 0 Å². The molecule has 9 heteroatoms. The number of carboxylic acids is 1. The van der Waals surface area contributed by atoms with Crippen LogP contribution in [0.2, 0.25) is 0 Å². The van der Waals surface area contributed by atoms with Gasteiger partial charge in [0, 0.05) is 0 Å². The van der Waals surface area contributed by atoms with Crippen molar-refractivity contribution in [3.63, 3.8) is 0 Å². The van der Waals surface area contributed by atoms with Crippen LogP contribution in [-0.2, 0) is 23.8 Å². The minimum Gasteiger partial charge on any atom is -0.480 e. The first-order valence-electron chi connectivity index (χ1n) is 7.21. The second-order valence-corrected chi connectivity index (χ2v) is 9.17. The molecule has 0 spiro atoms. The van der Waals surface area contributed by atoms with Crippen LogP contribution >= 0.6 is 0 Å². The monoisotopic (exact) mass is 353 g/mol. The molecule has 0 fully saturated rings. The first-order chi connectivity index (χ1) is 10.1. The average molecular weight is 353 g/mol. The molecule has 0 aromatic carbocycles. The van der Waals surface area contributed by atoms with Crippen LogP contribution < -0.4 is 5.32 Å². The third kappa shape index (κ3) is 11.8. The van der Waals surface area contributed by atoms with Crippen molar-refractivity contribution in [1.82, 2.24) is 5.32 Å². The van der Waals surface area contributed by atoms with E-state index in [1.165, 1.54) is 0 Å². The maximum Gasteiger partial charge on any atom is 0.408 e. The number of rotatable bonds is 7. The highest BCUT2D eigenvalue weighted by Crippen LogP contribution is 2.15. The lowest BCUT2D eigenvalue weighted by Gasteiger charge is -2.22. The van der Waals surface area contributed by atoms with E-state index in [0.29, 0.717) is 0 Å². The van der Waals surface area contributed by atoms with Crippen LogP contribution in [0.25, 0.3) is 0 Å². The topological polar surface area (TPSA) is 119 Å². The van der Waals surface area contributed by atoms with E-state index in [9.17, 15) is 18.0 Å². The molecule has 0 aliphatic carbocycles. The van der Waals surface area contributed by atoms with Crippen molar-refractivity contribution in [2.45, 2.75) is 59.6 Å². The summed E-state index contributed by atoms with van der Waals surface area (Å²) >= 11 is 0. The zero-order valence-electron chi connectivity index (χ0n) is 14.5. The van der Waals surface area contributed by atoms with Crippen LogP contribution in [0.15, 0.2) is 0 Å². The number of alkyl carbamates (subject to hydrolysis) is 1. The molecule has 0 saturated carbocycles.